The first kappa shape index (κ1) is 10.4. The van der Waals surface area contributed by atoms with Gasteiger partial charge in [0.05, 0.1) is 6.10 Å². The molecule has 0 aromatic heterocycles. The van der Waals surface area contributed by atoms with Crippen LogP contribution in [0.5, 0.6) is 0 Å². The number of hydrogen-bond acceptors (Lipinski definition) is 2. The molecular formula is C12H23NO. The lowest BCUT2D eigenvalue weighted by atomic mass is 9.90. The second-order valence-electron chi connectivity index (χ2n) is 5.02. The molecule has 0 unspecified atom stereocenters. The van der Waals surface area contributed by atoms with E-state index in [0.717, 1.165) is 12.5 Å². The Hall–Kier alpha value is -0.0800. The smallest absolute Gasteiger partial charge is 0.0695 e. The molecule has 2 fully saturated rings. The van der Waals surface area contributed by atoms with Crippen molar-refractivity contribution in [2.24, 2.45) is 0 Å². The third-order valence-corrected chi connectivity index (χ3v) is 4.12. The highest BCUT2D eigenvalue weighted by Gasteiger charge is 2.31. The van der Waals surface area contributed by atoms with Crippen molar-refractivity contribution in [2.45, 2.75) is 69.6 Å². The largest absolute Gasteiger partial charge is 0.391 e. The van der Waals surface area contributed by atoms with Crippen molar-refractivity contribution in [1.82, 2.24) is 4.90 Å². The summed E-state index contributed by atoms with van der Waals surface area (Å²) in [5, 5.41) is 9.96. The molecule has 1 N–H and O–H groups in total. The molecule has 2 atom stereocenters. The number of rotatable bonds is 2. The lowest BCUT2D eigenvalue weighted by molar-refractivity contribution is 0.0139. The van der Waals surface area contributed by atoms with Crippen LogP contribution < -0.4 is 0 Å². The zero-order valence-electron chi connectivity index (χ0n) is 9.28. The number of nitrogens with zero attached hydrogens (tertiary/aromatic N) is 1. The van der Waals surface area contributed by atoms with E-state index < -0.39 is 0 Å². The van der Waals surface area contributed by atoms with E-state index in [1.807, 2.05) is 0 Å². The summed E-state index contributed by atoms with van der Waals surface area (Å²) >= 11 is 0. The van der Waals surface area contributed by atoms with Crippen LogP contribution in [0.2, 0.25) is 0 Å². The molecule has 2 aliphatic carbocycles. The van der Waals surface area contributed by atoms with Crippen LogP contribution in [0.1, 0.15) is 51.4 Å². The van der Waals surface area contributed by atoms with Crippen molar-refractivity contribution in [1.29, 1.82) is 0 Å². The fourth-order valence-corrected chi connectivity index (χ4v) is 3.15. The molecule has 0 heterocycles. The molecule has 0 radical (unpaired) electrons. The molecule has 2 heteroatoms. The number of aliphatic hydroxyl groups excluding tert-OH is 1. The van der Waals surface area contributed by atoms with Gasteiger partial charge >= 0.3 is 0 Å². The van der Waals surface area contributed by atoms with Gasteiger partial charge in [-0.15, -0.1) is 0 Å². The van der Waals surface area contributed by atoms with Gasteiger partial charge in [0, 0.05) is 12.1 Å². The van der Waals surface area contributed by atoms with Crippen LogP contribution in [0.15, 0.2) is 0 Å². The zero-order chi connectivity index (χ0) is 9.97. The first-order chi connectivity index (χ1) is 6.79. The van der Waals surface area contributed by atoms with Gasteiger partial charge in [-0.2, -0.15) is 0 Å². The molecule has 82 valence electrons. The maximum absolute atomic E-state index is 9.96. The Morgan fingerprint density at radius 3 is 2.14 bits per heavy atom. The SMILES string of the molecule is CN(C1CCCC1)[C@H]1CCCC[C@@H]1O. The maximum Gasteiger partial charge on any atom is 0.0695 e. The van der Waals surface area contributed by atoms with Crippen molar-refractivity contribution in [3.05, 3.63) is 0 Å². The summed E-state index contributed by atoms with van der Waals surface area (Å²) in [7, 11) is 2.22. The van der Waals surface area contributed by atoms with Gasteiger partial charge in [-0.3, -0.25) is 4.90 Å². The van der Waals surface area contributed by atoms with Crippen LogP contribution in [0.3, 0.4) is 0 Å². The maximum atomic E-state index is 9.96. The van der Waals surface area contributed by atoms with Crippen LogP contribution in [0.4, 0.5) is 0 Å². The highest BCUT2D eigenvalue weighted by molar-refractivity contribution is 4.86. The summed E-state index contributed by atoms with van der Waals surface area (Å²) in [5.41, 5.74) is 0. The van der Waals surface area contributed by atoms with Gasteiger partial charge in [-0.25, -0.2) is 0 Å². The van der Waals surface area contributed by atoms with Crippen molar-refractivity contribution in [3.63, 3.8) is 0 Å². The molecule has 0 aliphatic heterocycles. The van der Waals surface area contributed by atoms with Crippen LogP contribution in [-0.2, 0) is 0 Å². The van der Waals surface area contributed by atoms with Gasteiger partial charge in [-0.05, 0) is 32.7 Å². The van der Waals surface area contributed by atoms with Gasteiger partial charge in [0.2, 0.25) is 0 Å². The Labute approximate surface area is 87.3 Å². The molecule has 0 aromatic carbocycles. The topological polar surface area (TPSA) is 23.5 Å². The van der Waals surface area contributed by atoms with Crippen LogP contribution in [0, 0.1) is 0 Å². The summed E-state index contributed by atoms with van der Waals surface area (Å²) < 4.78 is 0. The molecule has 2 rings (SSSR count). The lowest BCUT2D eigenvalue weighted by Crippen LogP contribution is -2.47. The minimum Gasteiger partial charge on any atom is -0.391 e. The Kier molecular flexibility index (Phi) is 3.45. The third kappa shape index (κ3) is 2.12. The van der Waals surface area contributed by atoms with Crippen molar-refractivity contribution in [2.75, 3.05) is 7.05 Å². The quantitative estimate of drug-likeness (QED) is 0.733. The summed E-state index contributed by atoms with van der Waals surface area (Å²) in [6.45, 7) is 0. The molecular weight excluding hydrogens is 174 g/mol. The molecule has 0 saturated heterocycles. The molecule has 2 saturated carbocycles. The van der Waals surface area contributed by atoms with Crippen molar-refractivity contribution < 1.29 is 5.11 Å². The predicted molar refractivity (Wildman–Crippen MR) is 58.3 cm³/mol. The Morgan fingerprint density at radius 1 is 0.929 bits per heavy atom. The number of hydrogen-bond donors (Lipinski definition) is 1. The van der Waals surface area contributed by atoms with E-state index in [1.54, 1.807) is 0 Å². The Bertz CT molecular complexity index is 177. The fourth-order valence-electron chi connectivity index (χ4n) is 3.15. The minimum absolute atomic E-state index is 0.0608. The standard InChI is InChI=1S/C12H23NO/c1-13(10-6-2-3-7-10)11-8-4-5-9-12(11)14/h10-12,14H,2-9H2,1H3/t11-,12-/m0/s1. The van der Waals surface area contributed by atoms with Crippen molar-refractivity contribution in [3.8, 4) is 0 Å². The van der Waals surface area contributed by atoms with E-state index in [2.05, 4.69) is 11.9 Å². The number of likely N-dealkylation sites (N-methyl/N-ethyl adjacent to an activating group) is 1. The predicted octanol–water partition coefficient (Wildman–Crippen LogP) is 2.16. The third-order valence-electron chi connectivity index (χ3n) is 4.12. The second-order valence-corrected chi connectivity index (χ2v) is 5.02. The Balaban J connectivity index is 1.91. The highest BCUT2D eigenvalue weighted by Crippen LogP contribution is 2.29. The molecule has 14 heavy (non-hydrogen) atoms. The van der Waals surface area contributed by atoms with E-state index >= 15 is 0 Å². The lowest BCUT2D eigenvalue weighted by Gasteiger charge is -2.38. The molecule has 0 spiro atoms. The van der Waals surface area contributed by atoms with E-state index in [0.29, 0.717) is 6.04 Å². The molecule has 2 aliphatic rings. The van der Waals surface area contributed by atoms with Crippen LogP contribution in [0.25, 0.3) is 0 Å². The number of aliphatic hydroxyl groups is 1. The average Bonchev–Trinajstić information content (AvgIpc) is 2.70. The van der Waals surface area contributed by atoms with E-state index in [4.69, 9.17) is 0 Å². The van der Waals surface area contributed by atoms with Gasteiger partial charge in [0.15, 0.2) is 0 Å². The summed E-state index contributed by atoms with van der Waals surface area (Å²) in [6.07, 6.45) is 10.1. The van der Waals surface area contributed by atoms with E-state index in [-0.39, 0.29) is 6.10 Å². The minimum atomic E-state index is -0.0608. The first-order valence-electron chi connectivity index (χ1n) is 6.19. The average molecular weight is 197 g/mol. The van der Waals surface area contributed by atoms with Crippen LogP contribution in [-0.4, -0.2) is 35.2 Å². The fraction of sp³-hybridized carbons (Fsp3) is 1.00. The molecule has 0 amide bonds. The second kappa shape index (κ2) is 4.63. The molecule has 0 bridgehead atoms. The van der Waals surface area contributed by atoms with E-state index in [9.17, 15) is 5.11 Å². The summed E-state index contributed by atoms with van der Waals surface area (Å²) in [6, 6.07) is 1.21. The molecule has 0 aromatic rings. The van der Waals surface area contributed by atoms with Crippen molar-refractivity contribution >= 4 is 0 Å². The Morgan fingerprint density at radius 2 is 1.50 bits per heavy atom. The van der Waals surface area contributed by atoms with Crippen LogP contribution >= 0.6 is 0 Å². The normalized spacial score (nSPS) is 35.4. The molecule has 2 nitrogen and oxygen atoms in total. The van der Waals surface area contributed by atoms with Gasteiger partial charge in [0.1, 0.15) is 0 Å². The van der Waals surface area contributed by atoms with Gasteiger partial charge < -0.3 is 5.11 Å². The van der Waals surface area contributed by atoms with Gasteiger partial charge in [0.25, 0.3) is 0 Å². The first-order valence-corrected chi connectivity index (χ1v) is 6.19. The summed E-state index contributed by atoms with van der Waals surface area (Å²) in [4.78, 5) is 2.47. The zero-order valence-corrected chi connectivity index (χ0v) is 9.28. The van der Waals surface area contributed by atoms with E-state index in [1.165, 1.54) is 44.9 Å². The summed E-state index contributed by atoms with van der Waals surface area (Å²) in [5.74, 6) is 0. The van der Waals surface area contributed by atoms with Gasteiger partial charge in [-0.1, -0.05) is 25.7 Å². The highest BCUT2D eigenvalue weighted by atomic mass is 16.3. The monoisotopic (exact) mass is 197 g/mol.